The molecule has 112 valence electrons. The van der Waals surface area contributed by atoms with Crippen LogP contribution in [0.2, 0.25) is 0 Å². The lowest BCUT2D eigenvalue weighted by Crippen LogP contribution is -2.32. The highest BCUT2D eigenvalue weighted by Crippen LogP contribution is 2.24. The van der Waals surface area contributed by atoms with E-state index in [-0.39, 0.29) is 0 Å². The molecule has 0 amide bonds. The van der Waals surface area contributed by atoms with Crippen molar-refractivity contribution in [2.75, 3.05) is 13.1 Å². The molecule has 2 N–H and O–H groups in total. The predicted octanol–water partition coefficient (Wildman–Crippen LogP) is 1.17. The first-order chi connectivity index (χ1) is 9.50. The number of nitrogens with one attached hydrogen (secondary N) is 2. The van der Waals surface area contributed by atoms with Gasteiger partial charge in [-0.3, -0.25) is 5.10 Å². The summed E-state index contributed by atoms with van der Waals surface area (Å²) >= 11 is 0. The summed E-state index contributed by atoms with van der Waals surface area (Å²) in [5.41, 5.74) is 1.15. The number of rotatable bonds is 8. The minimum atomic E-state index is -3.53. The highest BCUT2D eigenvalue weighted by molar-refractivity contribution is 7.89. The molecule has 0 aromatic carbocycles. The summed E-state index contributed by atoms with van der Waals surface area (Å²) < 4.78 is 26.8. The third-order valence-electron chi connectivity index (χ3n) is 3.38. The summed E-state index contributed by atoms with van der Waals surface area (Å²) in [5.74, 6) is 0. The normalized spacial score (nSPS) is 15.8. The Labute approximate surface area is 120 Å². The number of aryl methyl sites for hydroxylation is 1. The molecule has 1 fully saturated rings. The molecule has 0 bridgehead atoms. The topological polar surface area (TPSA) is 78.1 Å². The molecule has 1 heterocycles. The van der Waals surface area contributed by atoms with Crippen molar-refractivity contribution in [1.82, 2.24) is 19.8 Å². The van der Waals surface area contributed by atoms with Crippen molar-refractivity contribution in [2.45, 2.75) is 44.2 Å². The van der Waals surface area contributed by atoms with Crippen LogP contribution in [0.4, 0.5) is 0 Å². The van der Waals surface area contributed by atoms with Crippen molar-refractivity contribution in [3.63, 3.8) is 0 Å². The molecular formula is C13H22N4O2S. The third kappa shape index (κ3) is 3.11. The number of H-pyrrole nitrogens is 1. The molecule has 1 aromatic rings. The summed E-state index contributed by atoms with van der Waals surface area (Å²) in [7, 11) is -3.53. The van der Waals surface area contributed by atoms with Crippen molar-refractivity contribution < 1.29 is 8.42 Å². The van der Waals surface area contributed by atoms with Crippen molar-refractivity contribution in [3.05, 3.63) is 24.0 Å². The number of aromatic nitrogens is 2. The number of sulfonamides is 1. The Balaban J connectivity index is 2.28. The average Bonchev–Trinajstić information content (AvgIpc) is 3.15. The van der Waals surface area contributed by atoms with Crippen LogP contribution in [0, 0.1) is 6.92 Å². The second-order valence-corrected chi connectivity index (χ2v) is 6.90. The quantitative estimate of drug-likeness (QED) is 0.706. The van der Waals surface area contributed by atoms with E-state index in [0.717, 1.165) is 12.8 Å². The van der Waals surface area contributed by atoms with Crippen molar-refractivity contribution in [2.24, 2.45) is 0 Å². The zero-order valence-corrected chi connectivity index (χ0v) is 12.8. The van der Waals surface area contributed by atoms with Gasteiger partial charge in [0.25, 0.3) is 0 Å². The van der Waals surface area contributed by atoms with Gasteiger partial charge < -0.3 is 5.32 Å². The third-order valence-corrected chi connectivity index (χ3v) is 5.52. The van der Waals surface area contributed by atoms with Crippen LogP contribution in [0.1, 0.15) is 31.2 Å². The van der Waals surface area contributed by atoms with Gasteiger partial charge in [0.05, 0.1) is 11.4 Å². The highest BCUT2D eigenvalue weighted by atomic mass is 32.2. The minimum Gasteiger partial charge on any atom is -0.308 e. The molecule has 6 nitrogen and oxygen atoms in total. The zero-order chi connectivity index (χ0) is 14.8. The summed E-state index contributed by atoms with van der Waals surface area (Å²) in [6.45, 7) is 8.37. The van der Waals surface area contributed by atoms with Gasteiger partial charge in [0.1, 0.15) is 4.90 Å². The van der Waals surface area contributed by atoms with Gasteiger partial charge >= 0.3 is 0 Å². The molecule has 0 radical (unpaired) electrons. The Hall–Kier alpha value is -1.18. The highest BCUT2D eigenvalue weighted by Gasteiger charge is 2.30. The lowest BCUT2D eigenvalue weighted by atomic mass is 10.3. The average molecular weight is 298 g/mol. The van der Waals surface area contributed by atoms with Crippen molar-refractivity contribution in [1.29, 1.82) is 0 Å². The van der Waals surface area contributed by atoms with Crippen LogP contribution in [0.5, 0.6) is 0 Å². The maximum atomic E-state index is 12.7. The van der Waals surface area contributed by atoms with Crippen LogP contribution in [-0.2, 0) is 16.6 Å². The lowest BCUT2D eigenvalue weighted by Gasteiger charge is -2.19. The number of hydrogen-bond donors (Lipinski definition) is 2. The van der Waals surface area contributed by atoms with Crippen LogP contribution in [-0.4, -0.2) is 42.1 Å². The summed E-state index contributed by atoms with van der Waals surface area (Å²) in [4.78, 5) is 0.300. The van der Waals surface area contributed by atoms with Gasteiger partial charge in [-0.05, 0) is 19.8 Å². The van der Waals surface area contributed by atoms with E-state index in [2.05, 4.69) is 22.1 Å². The monoisotopic (exact) mass is 298 g/mol. The Bertz CT molecular complexity index is 575. The first kappa shape index (κ1) is 15.2. The fourth-order valence-corrected chi connectivity index (χ4v) is 3.88. The molecule has 0 spiro atoms. The molecular weight excluding hydrogens is 276 g/mol. The van der Waals surface area contributed by atoms with E-state index >= 15 is 0 Å². The molecule has 0 aliphatic heterocycles. The Morgan fingerprint density at radius 3 is 2.80 bits per heavy atom. The largest absolute Gasteiger partial charge is 0.308 e. The molecule has 1 aliphatic rings. The van der Waals surface area contributed by atoms with E-state index < -0.39 is 10.0 Å². The zero-order valence-electron chi connectivity index (χ0n) is 12.0. The van der Waals surface area contributed by atoms with E-state index in [1.165, 1.54) is 4.31 Å². The van der Waals surface area contributed by atoms with Crippen LogP contribution in [0.25, 0.3) is 0 Å². The first-order valence-electron chi connectivity index (χ1n) is 6.89. The second kappa shape index (κ2) is 6.07. The molecule has 1 saturated carbocycles. The van der Waals surface area contributed by atoms with Crippen LogP contribution < -0.4 is 5.32 Å². The van der Waals surface area contributed by atoms with E-state index in [0.29, 0.717) is 42.0 Å². The second-order valence-electron chi connectivity index (χ2n) is 5.02. The molecule has 0 unspecified atom stereocenters. The Morgan fingerprint density at radius 1 is 1.55 bits per heavy atom. The van der Waals surface area contributed by atoms with Gasteiger partial charge in [-0.1, -0.05) is 13.0 Å². The minimum absolute atomic E-state index is 0.300. The van der Waals surface area contributed by atoms with E-state index in [1.54, 1.807) is 13.0 Å². The van der Waals surface area contributed by atoms with E-state index in [9.17, 15) is 8.42 Å². The molecule has 1 aliphatic carbocycles. The van der Waals surface area contributed by atoms with Crippen LogP contribution in [0.15, 0.2) is 17.6 Å². The van der Waals surface area contributed by atoms with Crippen LogP contribution in [0.3, 0.4) is 0 Å². The maximum Gasteiger partial charge on any atom is 0.247 e. The van der Waals surface area contributed by atoms with E-state index in [1.807, 2.05) is 6.92 Å². The van der Waals surface area contributed by atoms with Gasteiger partial charge in [0, 0.05) is 25.7 Å². The first-order valence-corrected chi connectivity index (χ1v) is 8.33. The fourth-order valence-electron chi connectivity index (χ4n) is 2.13. The van der Waals surface area contributed by atoms with Gasteiger partial charge in [0.2, 0.25) is 10.0 Å². The Morgan fingerprint density at radius 2 is 2.25 bits per heavy atom. The SMILES string of the molecule is C=CCN(CC)S(=O)(=O)c1c(CNC2CC2)n[nH]c1C. The van der Waals surface area contributed by atoms with Gasteiger partial charge in [-0.25, -0.2) is 8.42 Å². The van der Waals surface area contributed by atoms with E-state index in [4.69, 9.17) is 0 Å². The number of hydrogen-bond acceptors (Lipinski definition) is 4. The Kier molecular flexibility index (Phi) is 4.62. The molecule has 2 rings (SSSR count). The summed E-state index contributed by atoms with van der Waals surface area (Å²) in [5, 5.41) is 10.2. The van der Waals surface area contributed by atoms with Crippen molar-refractivity contribution >= 4 is 10.0 Å². The van der Waals surface area contributed by atoms with Gasteiger partial charge in [0.15, 0.2) is 0 Å². The van der Waals surface area contributed by atoms with Gasteiger partial charge in [-0.15, -0.1) is 6.58 Å². The summed E-state index contributed by atoms with van der Waals surface area (Å²) in [6, 6.07) is 0.512. The molecule has 0 saturated heterocycles. The molecule has 0 atom stereocenters. The summed E-state index contributed by atoms with van der Waals surface area (Å²) in [6.07, 6.45) is 3.91. The molecule has 20 heavy (non-hydrogen) atoms. The lowest BCUT2D eigenvalue weighted by molar-refractivity contribution is 0.458. The van der Waals surface area contributed by atoms with Crippen molar-refractivity contribution in [3.8, 4) is 0 Å². The number of likely N-dealkylation sites (N-methyl/N-ethyl adjacent to an activating group) is 1. The molecule has 1 aromatic heterocycles. The maximum absolute atomic E-state index is 12.7. The van der Waals surface area contributed by atoms with Gasteiger partial charge in [-0.2, -0.15) is 9.40 Å². The van der Waals surface area contributed by atoms with Crippen LogP contribution >= 0.6 is 0 Å². The predicted molar refractivity (Wildman–Crippen MR) is 77.8 cm³/mol. The molecule has 7 heteroatoms. The standard InChI is InChI=1S/C13H22N4O2S/c1-4-8-17(5-2)20(18,19)13-10(3)15-16-12(13)9-14-11-6-7-11/h4,11,14H,1,5-9H2,2-3H3,(H,15,16). The fraction of sp³-hybridized carbons (Fsp3) is 0.615. The number of nitrogens with zero attached hydrogens (tertiary/aromatic N) is 2. The smallest absolute Gasteiger partial charge is 0.247 e. The number of aromatic amines is 1.